The van der Waals surface area contributed by atoms with Gasteiger partial charge in [-0.1, -0.05) is 0 Å². The number of benzene rings is 1. The van der Waals surface area contributed by atoms with E-state index in [0.717, 1.165) is 43.3 Å². The van der Waals surface area contributed by atoms with E-state index in [0.29, 0.717) is 12.0 Å². The van der Waals surface area contributed by atoms with E-state index in [2.05, 4.69) is 5.32 Å². The monoisotopic (exact) mass is 283 g/mol. The highest BCUT2D eigenvalue weighted by Crippen LogP contribution is 2.28. The lowest BCUT2D eigenvalue weighted by Gasteiger charge is -2.11. The minimum atomic E-state index is 0.391. The molecule has 3 nitrogen and oxygen atoms in total. The van der Waals surface area contributed by atoms with Crippen molar-refractivity contribution in [2.75, 3.05) is 26.8 Å². The van der Waals surface area contributed by atoms with Crippen molar-refractivity contribution in [2.45, 2.75) is 24.6 Å². The third kappa shape index (κ3) is 4.92. The first kappa shape index (κ1) is 14.5. The van der Waals surface area contributed by atoms with Crippen LogP contribution in [0, 0.1) is 5.92 Å². The minimum Gasteiger partial charge on any atom is -0.497 e. The van der Waals surface area contributed by atoms with Gasteiger partial charge in [-0.15, -0.1) is 11.6 Å². The van der Waals surface area contributed by atoms with Gasteiger partial charge in [0.15, 0.2) is 0 Å². The van der Waals surface area contributed by atoms with Gasteiger partial charge in [-0.25, -0.2) is 0 Å². The molecule has 2 atom stereocenters. The van der Waals surface area contributed by atoms with Gasteiger partial charge >= 0.3 is 0 Å². The van der Waals surface area contributed by atoms with Gasteiger partial charge in [-0.3, -0.25) is 0 Å². The molecule has 106 valence electrons. The van der Waals surface area contributed by atoms with Crippen molar-refractivity contribution in [2.24, 2.45) is 5.92 Å². The molecule has 0 heterocycles. The molecule has 1 aromatic rings. The summed E-state index contributed by atoms with van der Waals surface area (Å²) in [7, 11) is 1.66. The van der Waals surface area contributed by atoms with E-state index in [1.54, 1.807) is 7.11 Å². The van der Waals surface area contributed by atoms with Crippen molar-refractivity contribution in [3.63, 3.8) is 0 Å². The summed E-state index contributed by atoms with van der Waals surface area (Å²) in [5, 5.41) is 3.82. The average molecular weight is 284 g/mol. The fourth-order valence-corrected chi connectivity index (χ4v) is 2.80. The molecule has 0 spiro atoms. The summed E-state index contributed by atoms with van der Waals surface area (Å²) >= 11 is 6.09. The van der Waals surface area contributed by atoms with Gasteiger partial charge in [-0.2, -0.15) is 0 Å². The second kappa shape index (κ2) is 7.61. The van der Waals surface area contributed by atoms with E-state index in [1.807, 2.05) is 24.3 Å². The van der Waals surface area contributed by atoms with E-state index in [4.69, 9.17) is 21.1 Å². The van der Waals surface area contributed by atoms with Crippen LogP contribution in [-0.2, 0) is 0 Å². The Morgan fingerprint density at radius 2 is 1.95 bits per heavy atom. The van der Waals surface area contributed by atoms with E-state index in [9.17, 15) is 0 Å². The molecule has 0 aromatic heterocycles. The molecule has 0 aliphatic heterocycles. The number of hydrogen-bond acceptors (Lipinski definition) is 3. The fraction of sp³-hybridized carbons (Fsp3) is 0.600. The molecule has 1 saturated carbocycles. The Labute approximate surface area is 120 Å². The van der Waals surface area contributed by atoms with Crippen molar-refractivity contribution >= 4 is 11.6 Å². The number of halogens is 1. The highest BCUT2D eigenvalue weighted by atomic mass is 35.5. The Balaban J connectivity index is 1.56. The number of alkyl halides is 1. The molecule has 1 aromatic carbocycles. The summed E-state index contributed by atoms with van der Waals surface area (Å²) in [5.41, 5.74) is 0. The SMILES string of the molecule is COc1ccc(OCCNCC2CCC(Cl)C2)cc1. The highest BCUT2D eigenvalue weighted by Gasteiger charge is 2.21. The second-order valence-electron chi connectivity index (χ2n) is 5.00. The van der Waals surface area contributed by atoms with E-state index < -0.39 is 0 Å². The van der Waals surface area contributed by atoms with Crippen molar-refractivity contribution in [1.82, 2.24) is 5.32 Å². The molecule has 0 saturated heterocycles. The molecular weight excluding hydrogens is 262 g/mol. The van der Waals surface area contributed by atoms with Gasteiger partial charge in [0.2, 0.25) is 0 Å². The minimum absolute atomic E-state index is 0.391. The lowest BCUT2D eigenvalue weighted by Crippen LogP contribution is -2.26. The van der Waals surface area contributed by atoms with E-state index in [1.165, 1.54) is 6.42 Å². The molecule has 0 amide bonds. The smallest absolute Gasteiger partial charge is 0.119 e. The number of rotatable bonds is 7. The van der Waals surface area contributed by atoms with Crippen molar-refractivity contribution in [3.8, 4) is 11.5 Å². The number of nitrogens with one attached hydrogen (secondary N) is 1. The molecule has 0 bridgehead atoms. The fourth-order valence-electron chi connectivity index (χ4n) is 2.42. The first-order valence-electron chi connectivity index (χ1n) is 6.89. The molecule has 2 rings (SSSR count). The van der Waals surface area contributed by atoms with Gasteiger partial charge in [0.25, 0.3) is 0 Å². The Morgan fingerprint density at radius 1 is 1.21 bits per heavy atom. The summed E-state index contributed by atoms with van der Waals surface area (Å²) in [6, 6.07) is 7.66. The zero-order chi connectivity index (χ0) is 13.5. The molecule has 1 aliphatic rings. The third-order valence-electron chi connectivity index (χ3n) is 3.52. The van der Waals surface area contributed by atoms with Crippen LogP contribution in [0.2, 0.25) is 0 Å². The Morgan fingerprint density at radius 3 is 2.58 bits per heavy atom. The van der Waals surface area contributed by atoms with Gasteiger partial charge in [0.1, 0.15) is 18.1 Å². The molecule has 0 radical (unpaired) electrons. The van der Waals surface area contributed by atoms with Crippen LogP contribution in [-0.4, -0.2) is 32.2 Å². The lowest BCUT2D eigenvalue weighted by atomic mass is 10.1. The topological polar surface area (TPSA) is 30.5 Å². The predicted molar refractivity (Wildman–Crippen MR) is 78.3 cm³/mol. The first-order chi connectivity index (χ1) is 9.28. The molecule has 4 heteroatoms. The van der Waals surface area contributed by atoms with Crippen LogP contribution in [0.1, 0.15) is 19.3 Å². The summed E-state index contributed by atoms with van der Waals surface area (Å²) in [6.07, 6.45) is 3.56. The standard InChI is InChI=1S/C15H22ClNO2/c1-18-14-4-6-15(7-5-14)19-9-8-17-11-12-2-3-13(16)10-12/h4-7,12-13,17H,2-3,8-11H2,1H3. The Bertz CT molecular complexity index is 369. The summed E-state index contributed by atoms with van der Waals surface area (Å²) in [5.74, 6) is 2.47. The van der Waals surface area contributed by atoms with Crippen LogP contribution in [0.15, 0.2) is 24.3 Å². The van der Waals surface area contributed by atoms with E-state index in [-0.39, 0.29) is 0 Å². The van der Waals surface area contributed by atoms with Gasteiger partial charge in [0, 0.05) is 11.9 Å². The zero-order valence-electron chi connectivity index (χ0n) is 11.4. The normalized spacial score (nSPS) is 22.4. The third-order valence-corrected chi connectivity index (χ3v) is 3.91. The summed E-state index contributed by atoms with van der Waals surface area (Å²) in [4.78, 5) is 0. The largest absolute Gasteiger partial charge is 0.497 e. The maximum Gasteiger partial charge on any atom is 0.119 e. The van der Waals surface area contributed by atoms with Crippen LogP contribution < -0.4 is 14.8 Å². The summed E-state index contributed by atoms with van der Waals surface area (Å²) in [6.45, 7) is 2.61. The van der Waals surface area contributed by atoms with E-state index >= 15 is 0 Å². The second-order valence-corrected chi connectivity index (χ2v) is 5.62. The quantitative estimate of drug-likeness (QED) is 0.616. The number of methoxy groups -OCH3 is 1. The number of ether oxygens (including phenoxy) is 2. The van der Waals surface area contributed by atoms with Crippen LogP contribution in [0.3, 0.4) is 0 Å². The molecule has 1 aliphatic carbocycles. The van der Waals surface area contributed by atoms with Gasteiger partial charge in [-0.05, 0) is 56.0 Å². The maximum atomic E-state index is 6.09. The lowest BCUT2D eigenvalue weighted by molar-refractivity contribution is 0.308. The Hall–Kier alpha value is -0.930. The van der Waals surface area contributed by atoms with Crippen molar-refractivity contribution < 1.29 is 9.47 Å². The maximum absolute atomic E-state index is 6.09. The summed E-state index contributed by atoms with van der Waals surface area (Å²) < 4.78 is 10.7. The zero-order valence-corrected chi connectivity index (χ0v) is 12.2. The predicted octanol–water partition coefficient (Wildman–Crippen LogP) is 3.07. The van der Waals surface area contributed by atoms with Crippen LogP contribution in [0.25, 0.3) is 0 Å². The Kier molecular flexibility index (Phi) is 5.80. The van der Waals surface area contributed by atoms with Gasteiger partial charge < -0.3 is 14.8 Å². The molecule has 1 fully saturated rings. The molecular formula is C15H22ClNO2. The van der Waals surface area contributed by atoms with Crippen LogP contribution in [0.4, 0.5) is 0 Å². The van der Waals surface area contributed by atoms with Gasteiger partial charge in [0.05, 0.1) is 7.11 Å². The molecule has 1 N–H and O–H groups in total. The first-order valence-corrected chi connectivity index (χ1v) is 7.33. The molecule has 19 heavy (non-hydrogen) atoms. The average Bonchev–Trinajstić information content (AvgIpc) is 2.85. The van der Waals surface area contributed by atoms with Crippen LogP contribution >= 0.6 is 11.6 Å². The number of hydrogen-bond donors (Lipinski definition) is 1. The molecule has 2 unspecified atom stereocenters. The van der Waals surface area contributed by atoms with Crippen molar-refractivity contribution in [3.05, 3.63) is 24.3 Å². The highest BCUT2D eigenvalue weighted by molar-refractivity contribution is 6.20. The van der Waals surface area contributed by atoms with Crippen molar-refractivity contribution in [1.29, 1.82) is 0 Å². The van der Waals surface area contributed by atoms with Crippen LogP contribution in [0.5, 0.6) is 11.5 Å².